The fraction of sp³-hybridized carbons (Fsp3) is 0. The Labute approximate surface area is 247 Å². The van der Waals surface area contributed by atoms with Gasteiger partial charge in [-0.1, -0.05) is 91.0 Å². The second-order valence-corrected chi connectivity index (χ2v) is 11.0. The highest BCUT2D eigenvalue weighted by molar-refractivity contribution is 6.18. The van der Waals surface area contributed by atoms with Crippen LogP contribution >= 0.6 is 0 Å². The molecule has 0 atom stereocenters. The van der Waals surface area contributed by atoms with E-state index in [0.29, 0.717) is 0 Å². The summed E-state index contributed by atoms with van der Waals surface area (Å²) in [6.07, 6.45) is 0. The van der Waals surface area contributed by atoms with E-state index in [1.165, 1.54) is 16.3 Å². The van der Waals surface area contributed by atoms with Gasteiger partial charge in [0.05, 0.1) is 0 Å². The van der Waals surface area contributed by atoms with Gasteiger partial charge in [0.2, 0.25) is 0 Å². The van der Waals surface area contributed by atoms with Gasteiger partial charge in [-0.05, 0) is 76.5 Å². The Bertz CT molecular complexity index is 2450. The van der Waals surface area contributed by atoms with Crippen molar-refractivity contribution >= 4 is 71.7 Å². The fourth-order valence-corrected chi connectivity index (χ4v) is 6.42. The number of rotatable bonds is 4. The minimum atomic E-state index is 0.842. The molecule has 0 saturated heterocycles. The molecule has 0 amide bonds. The molecule has 0 N–H and O–H groups in total. The van der Waals surface area contributed by atoms with E-state index >= 15 is 0 Å². The first-order valence-corrected chi connectivity index (χ1v) is 14.5. The van der Waals surface area contributed by atoms with Crippen LogP contribution in [0.5, 0.6) is 0 Å². The highest BCUT2D eigenvalue weighted by Gasteiger charge is 2.18. The summed E-state index contributed by atoms with van der Waals surface area (Å²) < 4.78 is 13.0. The van der Waals surface area contributed by atoms with Crippen molar-refractivity contribution in [3.05, 3.63) is 152 Å². The van der Waals surface area contributed by atoms with Crippen LogP contribution in [0.4, 0.5) is 17.1 Å². The standard InChI is InChI=1S/C40H25NO2/c1-3-11-27(12-4-1)32-16-9-17-36-40(32)35-25-38-34(24-39(35)42-36)33-21-20-31(23-37(33)43-38)41(29-14-5-2-6-15-29)30-19-18-26-10-7-8-13-28(26)22-30/h1-25H. The normalized spacial score (nSPS) is 11.7. The van der Waals surface area contributed by atoms with E-state index in [4.69, 9.17) is 8.83 Å². The molecular formula is C40H25NO2. The van der Waals surface area contributed by atoms with Crippen LogP contribution in [0.25, 0.3) is 65.8 Å². The summed E-state index contributed by atoms with van der Waals surface area (Å²) in [6.45, 7) is 0. The lowest BCUT2D eigenvalue weighted by atomic mass is 9.99. The predicted octanol–water partition coefficient (Wildman–Crippen LogP) is 11.8. The van der Waals surface area contributed by atoms with Crippen LogP contribution in [0.3, 0.4) is 0 Å². The highest BCUT2D eigenvalue weighted by atomic mass is 16.3. The third kappa shape index (κ3) is 3.83. The molecule has 0 aliphatic carbocycles. The van der Waals surface area contributed by atoms with Gasteiger partial charge in [-0.3, -0.25) is 0 Å². The molecule has 0 spiro atoms. The van der Waals surface area contributed by atoms with Gasteiger partial charge in [0.1, 0.15) is 22.3 Å². The first-order chi connectivity index (χ1) is 21.3. The van der Waals surface area contributed by atoms with Crippen molar-refractivity contribution in [2.75, 3.05) is 4.90 Å². The zero-order valence-electron chi connectivity index (χ0n) is 23.2. The van der Waals surface area contributed by atoms with Crippen LogP contribution in [0, 0.1) is 0 Å². The maximum Gasteiger partial charge on any atom is 0.137 e. The molecule has 0 fully saturated rings. The lowest BCUT2D eigenvalue weighted by molar-refractivity contribution is 0.664. The van der Waals surface area contributed by atoms with Crippen LogP contribution < -0.4 is 4.90 Å². The average molecular weight is 552 g/mol. The Morgan fingerprint density at radius 1 is 0.372 bits per heavy atom. The molecule has 43 heavy (non-hydrogen) atoms. The first-order valence-electron chi connectivity index (χ1n) is 14.5. The number of hydrogen-bond acceptors (Lipinski definition) is 3. The molecule has 9 rings (SSSR count). The molecule has 2 aromatic heterocycles. The quantitative estimate of drug-likeness (QED) is 0.218. The summed E-state index contributed by atoms with van der Waals surface area (Å²) >= 11 is 0. The van der Waals surface area contributed by atoms with Crippen molar-refractivity contribution in [2.24, 2.45) is 0 Å². The predicted molar refractivity (Wildman–Crippen MR) is 179 cm³/mol. The number of furan rings is 2. The molecule has 202 valence electrons. The Hall–Kier alpha value is -5.80. The topological polar surface area (TPSA) is 29.5 Å². The Morgan fingerprint density at radius 3 is 1.88 bits per heavy atom. The highest BCUT2D eigenvalue weighted by Crippen LogP contribution is 2.42. The van der Waals surface area contributed by atoms with E-state index in [1.54, 1.807) is 0 Å². The van der Waals surface area contributed by atoms with E-state index in [1.807, 2.05) is 18.2 Å². The van der Waals surface area contributed by atoms with Crippen molar-refractivity contribution < 1.29 is 8.83 Å². The number of nitrogens with zero attached hydrogens (tertiary/aromatic N) is 1. The van der Waals surface area contributed by atoms with Crippen LogP contribution in [0.1, 0.15) is 0 Å². The minimum Gasteiger partial charge on any atom is -0.456 e. The molecule has 0 aliphatic rings. The summed E-state index contributed by atoms with van der Waals surface area (Å²) in [6, 6.07) is 53.0. The largest absolute Gasteiger partial charge is 0.456 e. The number of para-hydroxylation sites is 1. The molecule has 3 nitrogen and oxygen atoms in total. The van der Waals surface area contributed by atoms with E-state index in [-0.39, 0.29) is 0 Å². The molecule has 2 heterocycles. The Balaban J connectivity index is 1.23. The zero-order chi connectivity index (χ0) is 28.3. The summed E-state index contributed by atoms with van der Waals surface area (Å²) in [5.74, 6) is 0. The minimum absolute atomic E-state index is 0.842. The Morgan fingerprint density at radius 2 is 1.02 bits per heavy atom. The molecule has 7 aromatic carbocycles. The zero-order valence-corrected chi connectivity index (χ0v) is 23.2. The van der Waals surface area contributed by atoms with Crippen LogP contribution in [-0.4, -0.2) is 0 Å². The van der Waals surface area contributed by atoms with Gasteiger partial charge >= 0.3 is 0 Å². The summed E-state index contributed by atoms with van der Waals surface area (Å²) in [5, 5.41) is 6.71. The monoisotopic (exact) mass is 551 g/mol. The van der Waals surface area contributed by atoms with Crippen LogP contribution in [0.2, 0.25) is 0 Å². The van der Waals surface area contributed by atoms with Gasteiger partial charge in [0.15, 0.2) is 0 Å². The third-order valence-corrected chi connectivity index (χ3v) is 8.42. The number of anilines is 3. The second kappa shape index (κ2) is 9.37. The summed E-state index contributed by atoms with van der Waals surface area (Å²) in [7, 11) is 0. The number of benzene rings is 7. The molecular weight excluding hydrogens is 526 g/mol. The van der Waals surface area contributed by atoms with Gasteiger partial charge in [0, 0.05) is 44.7 Å². The van der Waals surface area contributed by atoms with Gasteiger partial charge in [-0.25, -0.2) is 0 Å². The van der Waals surface area contributed by atoms with Crippen molar-refractivity contribution in [2.45, 2.75) is 0 Å². The van der Waals surface area contributed by atoms with E-state index in [0.717, 1.165) is 66.5 Å². The summed E-state index contributed by atoms with van der Waals surface area (Å²) in [4.78, 5) is 2.28. The van der Waals surface area contributed by atoms with E-state index in [2.05, 4.69) is 138 Å². The fourth-order valence-electron chi connectivity index (χ4n) is 6.42. The summed E-state index contributed by atoms with van der Waals surface area (Å²) in [5.41, 5.74) is 8.97. The molecule has 0 aliphatic heterocycles. The van der Waals surface area contributed by atoms with Crippen molar-refractivity contribution in [3.8, 4) is 11.1 Å². The van der Waals surface area contributed by atoms with Crippen LogP contribution in [-0.2, 0) is 0 Å². The van der Waals surface area contributed by atoms with Gasteiger partial charge in [-0.2, -0.15) is 0 Å². The molecule has 0 unspecified atom stereocenters. The maximum atomic E-state index is 6.59. The third-order valence-electron chi connectivity index (χ3n) is 8.42. The number of fused-ring (bicyclic) bond motifs is 7. The Kier molecular flexibility index (Phi) is 5.20. The van der Waals surface area contributed by atoms with Crippen molar-refractivity contribution in [3.63, 3.8) is 0 Å². The van der Waals surface area contributed by atoms with Gasteiger partial charge in [0.25, 0.3) is 0 Å². The van der Waals surface area contributed by atoms with Crippen LogP contribution in [0.15, 0.2) is 160 Å². The lowest BCUT2D eigenvalue weighted by Crippen LogP contribution is -2.09. The van der Waals surface area contributed by atoms with Crippen molar-refractivity contribution in [1.29, 1.82) is 0 Å². The SMILES string of the molecule is c1ccc(-c2cccc3oc4cc5c(cc4c23)oc2cc(N(c3ccccc3)c3ccc4ccccc4c3)ccc25)cc1. The molecule has 9 aromatic rings. The maximum absolute atomic E-state index is 6.59. The lowest BCUT2D eigenvalue weighted by Gasteiger charge is -2.25. The van der Waals surface area contributed by atoms with Gasteiger partial charge < -0.3 is 13.7 Å². The van der Waals surface area contributed by atoms with Gasteiger partial charge in [-0.15, -0.1) is 0 Å². The molecule has 0 saturated carbocycles. The second-order valence-electron chi connectivity index (χ2n) is 11.0. The van der Waals surface area contributed by atoms with Crippen molar-refractivity contribution in [1.82, 2.24) is 0 Å². The van der Waals surface area contributed by atoms with E-state index < -0.39 is 0 Å². The smallest absolute Gasteiger partial charge is 0.137 e. The first kappa shape index (κ1) is 23.9. The molecule has 0 bridgehead atoms. The average Bonchev–Trinajstić information content (AvgIpc) is 3.61. The molecule has 3 heteroatoms. The number of hydrogen-bond donors (Lipinski definition) is 0. The van der Waals surface area contributed by atoms with E-state index in [9.17, 15) is 0 Å². The molecule has 0 radical (unpaired) electrons.